The summed E-state index contributed by atoms with van der Waals surface area (Å²) in [6.45, 7) is 5.75. The van der Waals surface area contributed by atoms with Gasteiger partial charge in [-0.1, -0.05) is 42.5 Å². The molecule has 0 saturated carbocycles. The van der Waals surface area contributed by atoms with E-state index in [1.165, 1.54) is 5.06 Å². The van der Waals surface area contributed by atoms with Crippen molar-refractivity contribution in [3.05, 3.63) is 54.6 Å². The van der Waals surface area contributed by atoms with E-state index in [-0.39, 0.29) is 5.91 Å². The van der Waals surface area contributed by atoms with E-state index in [0.717, 1.165) is 22.0 Å². The summed E-state index contributed by atoms with van der Waals surface area (Å²) in [7, 11) is 0. The van der Waals surface area contributed by atoms with Crippen LogP contribution in [0.25, 0.3) is 10.8 Å². The number of aliphatic hydroxyl groups is 1. The van der Waals surface area contributed by atoms with Crippen molar-refractivity contribution in [1.29, 1.82) is 0 Å². The van der Waals surface area contributed by atoms with Gasteiger partial charge >= 0.3 is 0 Å². The number of amides is 1. The Morgan fingerprint density at radius 2 is 2.12 bits per heavy atom. The van der Waals surface area contributed by atoms with Gasteiger partial charge in [0.1, 0.15) is 0 Å². The molecule has 2 atom stereocenters. The lowest BCUT2D eigenvalue weighted by molar-refractivity contribution is -0.134. The quantitative estimate of drug-likeness (QED) is 0.632. The molecule has 0 aliphatic carbocycles. The Balaban J connectivity index is 2.01. The van der Waals surface area contributed by atoms with Gasteiger partial charge in [-0.05, 0) is 24.3 Å². The summed E-state index contributed by atoms with van der Waals surface area (Å²) in [6.07, 6.45) is 1.28. The number of rotatable bonds is 6. The number of hydroxylamine groups is 1. The number of anilines is 1. The highest BCUT2D eigenvalue weighted by Crippen LogP contribution is 2.35. The van der Waals surface area contributed by atoms with E-state index in [1.54, 1.807) is 13.0 Å². The molecule has 2 unspecified atom stereocenters. The standard InChI is InChI=1S/C19H22N2O3/c1-3-12-20-19(13(2)22)24-21-17(23)11-10-15-9-8-14-6-4-5-7-16(14)18(15)21/h3-9,13,19-20,22H,1,10-12H2,2H3. The molecule has 0 saturated heterocycles. The predicted octanol–water partition coefficient (Wildman–Crippen LogP) is 2.53. The first-order valence-corrected chi connectivity index (χ1v) is 8.14. The van der Waals surface area contributed by atoms with Crippen LogP contribution in [0.4, 0.5) is 5.69 Å². The van der Waals surface area contributed by atoms with Gasteiger partial charge in [-0.15, -0.1) is 6.58 Å². The van der Waals surface area contributed by atoms with Crippen molar-refractivity contribution in [3.8, 4) is 0 Å². The molecular formula is C19H22N2O3. The second-order valence-electron chi connectivity index (χ2n) is 5.95. The number of carbonyl (C=O) groups is 1. The molecule has 1 aliphatic heterocycles. The third-order valence-corrected chi connectivity index (χ3v) is 4.14. The minimum Gasteiger partial charge on any atom is -0.389 e. The highest BCUT2D eigenvalue weighted by atomic mass is 16.7. The number of aryl methyl sites for hydroxylation is 1. The fourth-order valence-corrected chi connectivity index (χ4v) is 2.93. The Hall–Kier alpha value is -2.21. The maximum absolute atomic E-state index is 12.5. The second kappa shape index (κ2) is 7.13. The summed E-state index contributed by atoms with van der Waals surface area (Å²) in [4.78, 5) is 18.4. The number of nitrogens with zero attached hydrogens (tertiary/aromatic N) is 1. The molecule has 0 bridgehead atoms. The first-order valence-electron chi connectivity index (χ1n) is 8.14. The topological polar surface area (TPSA) is 61.8 Å². The molecule has 5 nitrogen and oxygen atoms in total. The average Bonchev–Trinajstić information content (AvgIpc) is 2.59. The highest BCUT2D eigenvalue weighted by Gasteiger charge is 2.30. The molecule has 1 aliphatic rings. The Labute approximate surface area is 141 Å². The van der Waals surface area contributed by atoms with Gasteiger partial charge < -0.3 is 5.11 Å². The number of nitrogens with one attached hydrogen (secondary N) is 1. The van der Waals surface area contributed by atoms with E-state index in [4.69, 9.17) is 4.84 Å². The molecule has 0 aromatic heterocycles. The van der Waals surface area contributed by atoms with Crippen molar-refractivity contribution in [2.45, 2.75) is 32.1 Å². The van der Waals surface area contributed by atoms with Gasteiger partial charge in [0, 0.05) is 18.4 Å². The Bertz CT molecular complexity index is 757. The van der Waals surface area contributed by atoms with E-state index >= 15 is 0 Å². The van der Waals surface area contributed by atoms with Gasteiger partial charge in [-0.3, -0.25) is 10.1 Å². The summed E-state index contributed by atoms with van der Waals surface area (Å²) >= 11 is 0. The highest BCUT2D eigenvalue weighted by molar-refractivity contribution is 6.05. The van der Waals surface area contributed by atoms with Crippen LogP contribution >= 0.6 is 0 Å². The van der Waals surface area contributed by atoms with Crippen LogP contribution in [-0.4, -0.2) is 29.9 Å². The minimum absolute atomic E-state index is 0.107. The first-order chi connectivity index (χ1) is 11.6. The third kappa shape index (κ3) is 3.19. The van der Waals surface area contributed by atoms with Gasteiger partial charge in [0.25, 0.3) is 5.91 Å². The first kappa shape index (κ1) is 16.6. The number of benzene rings is 2. The molecule has 0 radical (unpaired) electrons. The van der Waals surface area contributed by atoms with Crippen molar-refractivity contribution in [1.82, 2.24) is 5.32 Å². The maximum Gasteiger partial charge on any atom is 0.251 e. The van der Waals surface area contributed by atoms with E-state index in [0.29, 0.717) is 19.4 Å². The second-order valence-corrected chi connectivity index (χ2v) is 5.95. The third-order valence-electron chi connectivity index (χ3n) is 4.14. The van der Waals surface area contributed by atoms with Gasteiger partial charge in [-0.2, -0.15) is 5.06 Å². The molecule has 0 fully saturated rings. The van der Waals surface area contributed by atoms with Crippen LogP contribution in [0.5, 0.6) is 0 Å². The summed E-state index contributed by atoms with van der Waals surface area (Å²) in [5.74, 6) is -0.107. The molecule has 1 amide bonds. The van der Waals surface area contributed by atoms with Crippen LogP contribution in [0.2, 0.25) is 0 Å². The summed E-state index contributed by atoms with van der Waals surface area (Å²) in [5, 5.41) is 16.3. The molecule has 1 heterocycles. The van der Waals surface area contributed by atoms with E-state index in [9.17, 15) is 9.90 Å². The molecule has 0 spiro atoms. The fourth-order valence-electron chi connectivity index (χ4n) is 2.93. The lowest BCUT2D eigenvalue weighted by Gasteiger charge is -2.33. The number of hydrogen-bond acceptors (Lipinski definition) is 4. The molecule has 3 rings (SSSR count). The zero-order valence-electron chi connectivity index (χ0n) is 13.7. The normalized spacial score (nSPS) is 16.8. The number of aliphatic hydroxyl groups excluding tert-OH is 1. The van der Waals surface area contributed by atoms with E-state index in [2.05, 4.69) is 18.0 Å². The van der Waals surface area contributed by atoms with Crippen LogP contribution in [0.1, 0.15) is 18.9 Å². The monoisotopic (exact) mass is 326 g/mol. The summed E-state index contributed by atoms with van der Waals surface area (Å²) < 4.78 is 0. The summed E-state index contributed by atoms with van der Waals surface area (Å²) in [5.41, 5.74) is 1.84. The van der Waals surface area contributed by atoms with Crippen LogP contribution in [-0.2, 0) is 16.1 Å². The van der Waals surface area contributed by atoms with Gasteiger partial charge in [0.05, 0.1) is 11.8 Å². The summed E-state index contributed by atoms with van der Waals surface area (Å²) in [6, 6.07) is 12.0. The Morgan fingerprint density at radius 1 is 1.33 bits per heavy atom. The Kier molecular flexibility index (Phi) is 4.94. The largest absolute Gasteiger partial charge is 0.389 e. The smallest absolute Gasteiger partial charge is 0.251 e. The van der Waals surface area contributed by atoms with E-state index < -0.39 is 12.3 Å². The maximum atomic E-state index is 12.5. The van der Waals surface area contributed by atoms with Crippen molar-refractivity contribution in [2.75, 3.05) is 11.6 Å². The Morgan fingerprint density at radius 3 is 2.88 bits per heavy atom. The van der Waals surface area contributed by atoms with Crippen LogP contribution < -0.4 is 10.4 Å². The lowest BCUT2D eigenvalue weighted by atomic mass is 9.97. The SMILES string of the molecule is C=CCNC(ON1C(=O)CCc2ccc3ccccc3c21)C(C)O. The average molecular weight is 326 g/mol. The van der Waals surface area contributed by atoms with Crippen LogP contribution in [0.15, 0.2) is 49.1 Å². The molecule has 2 aromatic carbocycles. The van der Waals surface area contributed by atoms with Gasteiger partial charge in [-0.25, -0.2) is 4.84 Å². The zero-order valence-corrected chi connectivity index (χ0v) is 13.7. The molecule has 5 heteroatoms. The molecule has 126 valence electrons. The molecule has 2 aromatic rings. The molecule has 2 N–H and O–H groups in total. The van der Waals surface area contributed by atoms with Crippen molar-refractivity contribution in [3.63, 3.8) is 0 Å². The predicted molar refractivity (Wildman–Crippen MR) is 94.5 cm³/mol. The number of hydrogen-bond donors (Lipinski definition) is 2. The molecular weight excluding hydrogens is 304 g/mol. The van der Waals surface area contributed by atoms with Gasteiger partial charge in [0.15, 0.2) is 6.23 Å². The number of fused-ring (bicyclic) bond motifs is 3. The van der Waals surface area contributed by atoms with Crippen LogP contribution in [0, 0.1) is 0 Å². The van der Waals surface area contributed by atoms with Gasteiger partial charge in [0.2, 0.25) is 0 Å². The van der Waals surface area contributed by atoms with Crippen molar-refractivity contribution < 1.29 is 14.7 Å². The van der Waals surface area contributed by atoms with Crippen LogP contribution in [0.3, 0.4) is 0 Å². The zero-order chi connectivity index (χ0) is 17.1. The lowest BCUT2D eigenvalue weighted by Crippen LogP contribution is -2.48. The van der Waals surface area contributed by atoms with Crippen molar-refractivity contribution >= 4 is 22.4 Å². The van der Waals surface area contributed by atoms with E-state index in [1.807, 2.05) is 30.3 Å². The fraction of sp³-hybridized carbons (Fsp3) is 0.316. The number of carbonyl (C=O) groups excluding carboxylic acids is 1. The van der Waals surface area contributed by atoms with Crippen molar-refractivity contribution in [2.24, 2.45) is 0 Å². The minimum atomic E-state index is -0.780. The molecule has 24 heavy (non-hydrogen) atoms.